The van der Waals surface area contributed by atoms with E-state index in [0.29, 0.717) is 6.42 Å². The van der Waals surface area contributed by atoms with Gasteiger partial charge in [0, 0.05) is 5.54 Å². The second-order valence-electron chi connectivity index (χ2n) is 4.69. The molecule has 1 amide bonds. The van der Waals surface area contributed by atoms with Crippen LogP contribution in [0.25, 0.3) is 0 Å². The minimum atomic E-state index is -0.907. The summed E-state index contributed by atoms with van der Waals surface area (Å²) in [6, 6.07) is -0.392. The summed E-state index contributed by atoms with van der Waals surface area (Å²) in [5.74, 6) is -0.384. The van der Waals surface area contributed by atoms with Crippen LogP contribution in [0.1, 0.15) is 41.0 Å². The van der Waals surface area contributed by atoms with Crippen molar-refractivity contribution in [1.82, 2.24) is 5.32 Å². The lowest BCUT2D eigenvalue weighted by atomic mass is 9.85. The number of nitrogens with two attached hydrogens (primary N) is 1. The molecule has 14 heavy (non-hydrogen) atoms. The molecule has 0 heterocycles. The third-order valence-electron chi connectivity index (χ3n) is 2.82. The number of hydrogen-bond donors (Lipinski definition) is 3. The molecule has 84 valence electrons. The summed E-state index contributed by atoms with van der Waals surface area (Å²) in [5.41, 5.74) is 3.75. The molecule has 0 saturated carbocycles. The van der Waals surface area contributed by atoms with E-state index in [2.05, 4.69) is 5.32 Å². The fraction of sp³-hybridized carbons (Fsp3) is 0.900. The van der Waals surface area contributed by atoms with Crippen molar-refractivity contribution in [1.29, 1.82) is 0 Å². The standard InChI is InChI=1S/C10H22N2O2/c1-6-7(8(11)13)12-9(2,3)10(4,5)14/h7,12,14H,6H2,1-5H3,(H2,11,13). The Hall–Kier alpha value is -0.610. The van der Waals surface area contributed by atoms with E-state index in [4.69, 9.17) is 5.73 Å². The average Bonchev–Trinajstić information content (AvgIpc) is 1.97. The summed E-state index contributed by atoms with van der Waals surface area (Å²) in [6.45, 7) is 8.97. The fourth-order valence-electron chi connectivity index (χ4n) is 0.987. The normalized spacial score (nSPS) is 15.3. The Morgan fingerprint density at radius 1 is 1.43 bits per heavy atom. The van der Waals surface area contributed by atoms with Crippen LogP contribution in [0.3, 0.4) is 0 Å². The van der Waals surface area contributed by atoms with Crippen molar-refractivity contribution in [3.8, 4) is 0 Å². The lowest BCUT2D eigenvalue weighted by Gasteiger charge is -2.40. The minimum Gasteiger partial charge on any atom is -0.389 e. The van der Waals surface area contributed by atoms with E-state index in [9.17, 15) is 9.90 Å². The van der Waals surface area contributed by atoms with Gasteiger partial charge in [0.05, 0.1) is 11.6 Å². The zero-order valence-corrected chi connectivity index (χ0v) is 9.72. The maximum Gasteiger partial charge on any atom is 0.234 e. The Labute approximate surface area is 85.9 Å². The maximum atomic E-state index is 11.0. The van der Waals surface area contributed by atoms with Gasteiger partial charge in [-0.2, -0.15) is 0 Å². The molecule has 0 fully saturated rings. The Balaban J connectivity index is 4.56. The summed E-state index contributed by atoms with van der Waals surface area (Å²) in [5, 5.41) is 12.9. The van der Waals surface area contributed by atoms with E-state index >= 15 is 0 Å². The highest BCUT2D eigenvalue weighted by Gasteiger charge is 2.37. The molecule has 0 aromatic rings. The van der Waals surface area contributed by atoms with Crippen LogP contribution in [0.2, 0.25) is 0 Å². The number of primary amides is 1. The van der Waals surface area contributed by atoms with Gasteiger partial charge in [-0.1, -0.05) is 6.92 Å². The highest BCUT2D eigenvalue weighted by molar-refractivity contribution is 5.79. The Morgan fingerprint density at radius 2 is 1.86 bits per heavy atom. The Kier molecular flexibility index (Phi) is 4.09. The zero-order valence-electron chi connectivity index (χ0n) is 9.72. The Morgan fingerprint density at radius 3 is 2.07 bits per heavy atom. The third kappa shape index (κ3) is 3.27. The van der Waals surface area contributed by atoms with Crippen LogP contribution in [0.15, 0.2) is 0 Å². The van der Waals surface area contributed by atoms with Crippen molar-refractivity contribution in [2.75, 3.05) is 0 Å². The molecule has 0 spiro atoms. The number of rotatable bonds is 5. The van der Waals surface area contributed by atoms with Gasteiger partial charge < -0.3 is 10.8 Å². The predicted molar refractivity (Wildman–Crippen MR) is 56.8 cm³/mol. The van der Waals surface area contributed by atoms with Gasteiger partial charge in [-0.05, 0) is 34.1 Å². The average molecular weight is 202 g/mol. The second kappa shape index (κ2) is 4.28. The number of nitrogens with one attached hydrogen (secondary N) is 1. The van der Waals surface area contributed by atoms with Crippen molar-refractivity contribution in [2.24, 2.45) is 5.73 Å². The highest BCUT2D eigenvalue weighted by Crippen LogP contribution is 2.21. The lowest BCUT2D eigenvalue weighted by Crippen LogP contribution is -2.61. The molecule has 1 atom stereocenters. The SMILES string of the molecule is CCC(NC(C)(C)C(C)(C)O)C(N)=O. The van der Waals surface area contributed by atoms with Gasteiger partial charge in [0.25, 0.3) is 0 Å². The van der Waals surface area contributed by atoms with E-state index in [1.54, 1.807) is 13.8 Å². The first-order chi connectivity index (χ1) is 6.12. The number of aliphatic hydroxyl groups is 1. The van der Waals surface area contributed by atoms with Crippen molar-refractivity contribution >= 4 is 5.91 Å². The summed E-state index contributed by atoms with van der Waals surface area (Å²) >= 11 is 0. The first-order valence-corrected chi connectivity index (χ1v) is 4.91. The Bertz CT molecular complexity index is 207. The van der Waals surface area contributed by atoms with Crippen molar-refractivity contribution in [2.45, 2.75) is 58.2 Å². The quantitative estimate of drug-likeness (QED) is 0.603. The molecule has 0 rings (SSSR count). The van der Waals surface area contributed by atoms with E-state index in [0.717, 1.165) is 0 Å². The van der Waals surface area contributed by atoms with Crippen molar-refractivity contribution in [3.05, 3.63) is 0 Å². The summed E-state index contributed by atoms with van der Waals surface area (Å²) < 4.78 is 0. The van der Waals surface area contributed by atoms with E-state index in [1.165, 1.54) is 0 Å². The number of carbonyl (C=O) groups excluding carboxylic acids is 1. The zero-order chi connectivity index (χ0) is 11.6. The van der Waals surface area contributed by atoms with E-state index in [-0.39, 0.29) is 5.91 Å². The molecular weight excluding hydrogens is 180 g/mol. The van der Waals surface area contributed by atoms with E-state index < -0.39 is 17.2 Å². The van der Waals surface area contributed by atoms with Crippen LogP contribution in [-0.4, -0.2) is 28.2 Å². The van der Waals surface area contributed by atoms with Crippen LogP contribution in [-0.2, 0) is 4.79 Å². The molecule has 1 unspecified atom stereocenters. The molecule has 0 bridgehead atoms. The molecule has 0 aliphatic heterocycles. The second-order valence-corrected chi connectivity index (χ2v) is 4.69. The van der Waals surface area contributed by atoms with Gasteiger partial charge in [-0.25, -0.2) is 0 Å². The smallest absolute Gasteiger partial charge is 0.234 e. The van der Waals surface area contributed by atoms with Crippen molar-refractivity contribution in [3.63, 3.8) is 0 Å². The van der Waals surface area contributed by atoms with E-state index in [1.807, 2.05) is 20.8 Å². The molecule has 0 aromatic carbocycles. The molecule has 4 N–H and O–H groups in total. The molecule has 0 saturated heterocycles. The van der Waals surface area contributed by atoms with Crippen LogP contribution in [0.5, 0.6) is 0 Å². The molecule has 0 radical (unpaired) electrons. The molecule has 4 heteroatoms. The molecule has 0 aromatic heterocycles. The molecule has 0 aliphatic rings. The summed E-state index contributed by atoms with van der Waals surface area (Å²) in [7, 11) is 0. The van der Waals surface area contributed by atoms with Gasteiger partial charge in [0.15, 0.2) is 0 Å². The monoisotopic (exact) mass is 202 g/mol. The first kappa shape index (κ1) is 13.4. The predicted octanol–water partition coefficient (Wildman–Crippen LogP) is 0.389. The highest BCUT2D eigenvalue weighted by atomic mass is 16.3. The van der Waals surface area contributed by atoms with Gasteiger partial charge in [-0.15, -0.1) is 0 Å². The molecule has 4 nitrogen and oxygen atoms in total. The fourth-order valence-corrected chi connectivity index (χ4v) is 0.987. The third-order valence-corrected chi connectivity index (χ3v) is 2.82. The van der Waals surface area contributed by atoms with Crippen LogP contribution in [0, 0.1) is 0 Å². The molecular formula is C10H22N2O2. The maximum absolute atomic E-state index is 11.0. The van der Waals surface area contributed by atoms with Gasteiger partial charge >= 0.3 is 0 Å². The van der Waals surface area contributed by atoms with Gasteiger partial charge in [0.2, 0.25) is 5.91 Å². The largest absolute Gasteiger partial charge is 0.389 e. The van der Waals surface area contributed by atoms with Crippen LogP contribution < -0.4 is 11.1 Å². The summed E-state index contributed by atoms with van der Waals surface area (Å²) in [6.07, 6.45) is 0.620. The van der Waals surface area contributed by atoms with Crippen molar-refractivity contribution < 1.29 is 9.90 Å². The van der Waals surface area contributed by atoms with Crippen LogP contribution >= 0.6 is 0 Å². The number of carbonyl (C=O) groups is 1. The minimum absolute atomic E-state index is 0.384. The number of hydrogen-bond acceptors (Lipinski definition) is 3. The topological polar surface area (TPSA) is 75.3 Å². The molecule has 0 aliphatic carbocycles. The first-order valence-electron chi connectivity index (χ1n) is 4.91. The number of amides is 1. The van der Waals surface area contributed by atoms with Gasteiger partial charge in [-0.3, -0.25) is 10.1 Å². The summed E-state index contributed by atoms with van der Waals surface area (Å²) in [4.78, 5) is 11.0. The lowest BCUT2D eigenvalue weighted by molar-refractivity contribution is -0.121. The van der Waals surface area contributed by atoms with Crippen LogP contribution in [0.4, 0.5) is 0 Å². The van der Waals surface area contributed by atoms with Gasteiger partial charge in [0.1, 0.15) is 0 Å².